The molecule has 1 N–H and O–H groups in total. The van der Waals surface area contributed by atoms with Crippen LogP contribution < -0.4 is 0 Å². The zero-order chi connectivity index (χ0) is 13.0. The average molecular weight is 256 g/mol. The van der Waals surface area contributed by atoms with Gasteiger partial charge in [-0.2, -0.15) is 0 Å². The van der Waals surface area contributed by atoms with E-state index in [2.05, 4.69) is 4.98 Å². The van der Waals surface area contributed by atoms with Gasteiger partial charge in [-0.25, -0.2) is 4.98 Å². The molecule has 1 rings (SSSR count). The second kappa shape index (κ2) is 5.62. The zero-order valence-corrected chi connectivity index (χ0v) is 10.2. The first-order valence-electron chi connectivity index (χ1n) is 4.89. The lowest BCUT2D eigenvalue weighted by molar-refractivity contribution is -0.385. The van der Waals surface area contributed by atoms with Crippen LogP contribution in [0.3, 0.4) is 0 Å². The van der Waals surface area contributed by atoms with Crippen LogP contribution in [0.4, 0.5) is 5.69 Å². The predicted octanol–water partition coefficient (Wildman–Crippen LogP) is 2.11. The number of hydrogen-bond acceptors (Lipinski definition) is 5. The molecule has 0 amide bonds. The molecule has 7 heteroatoms. The van der Waals surface area contributed by atoms with Crippen molar-refractivity contribution < 1.29 is 14.8 Å². The molecule has 92 valence electrons. The molecule has 0 saturated carbocycles. The lowest BCUT2D eigenvalue weighted by Crippen LogP contribution is -2.11. The van der Waals surface area contributed by atoms with Gasteiger partial charge >= 0.3 is 5.97 Å². The number of aryl methyl sites for hydroxylation is 1. The molecule has 0 aliphatic heterocycles. The number of hydrogen-bond donors (Lipinski definition) is 1. The van der Waals surface area contributed by atoms with E-state index in [1.165, 1.54) is 23.9 Å². The van der Waals surface area contributed by atoms with Gasteiger partial charge in [-0.1, -0.05) is 6.92 Å². The number of rotatable bonds is 5. The fraction of sp³-hybridized carbons (Fsp3) is 0.400. The summed E-state index contributed by atoms with van der Waals surface area (Å²) in [7, 11) is 0. The van der Waals surface area contributed by atoms with Crippen molar-refractivity contribution in [1.29, 1.82) is 0 Å². The molecule has 0 fully saturated rings. The van der Waals surface area contributed by atoms with E-state index < -0.39 is 16.8 Å². The minimum atomic E-state index is -0.865. The van der Waals surface area contributed by atoms with Crippen LogP contribution >= 0.6 is 11.8 Å². The Morgan fingerprint density at radius 3 is 2.76 bits per heavy atom. The molecule has 6 nitrogen and oxygen atoms in total. The molecule has 1 atom stereocenters. The molecule has 1 aromatic heterocycles. The van der Waals surface area contributed by atoms with Gasteiger partial charge in [0.2, 0.25) is 0 Å². The molecule has 0 aliphatic carbocycles. The lowest BCUT2D eigenvalue weighted by Gasteiger charge is -2.05. The summed E-state index contributed by atoms with van der Waals surface area (Å²) >= 11 is 1.28. The third-order valence-electron chi connectivity index (χ3n) is 2.13. The summed E-state index contributed by atoms with van der Waals surface area (Å²) < 4.78 is 0. The molecule has 1 aromatic rings. The number of aliphatic carboxylic acids is 1. The molecule has 0 radical (unpaired) electrons. The lowest BCUT2D eigenvalue weighted by atomic mass is 10.2. The fourth-order valence-corrected chi connectivity index (χ4v) is 2.01. The second-order valence-electron chi connectivity index (χ2n) is 3.56. The van der Waals surface area contributed by atoms with E-state index in [9.17, 15) is 14.9 Å². The van der Waals surface area contributed by atoms with E-state index in [0.717, 1.165) is 0 Å². The third kappa shape index (κ3) is 3.70. The highest BCUT2D eigenvalue weighted by atomic mass is 32.2. The van der Waals surface area contributed by atoms with Crippen molar-refractivity contribution in [3.8, 4) is 0 Å². The van der Waals surface area contributed by atoms with Gasteiger partial charge in [0.25, 0.3) is 5.69 Å². The van der Waals surface area contributed by atoms with E-state index >= 15 is 0 Å². The summed E-state index contributed by atoms with van der Waals surface area (Å²) in [5.74, 6) is -0.951. The molecule has 0 bridgehead atoms. The highest BCUT2D eigenvalue weighted by molar-refractivity contribution is 7.99. The van der Waals surface area contributed by atoms with Gasteiger partial charge in [0, 0.05) is 11.8 Å². The highest BCUT2D eigenvalue weighted by Crippen LogP contribution is 2.23. The Labute approximate surface area is 102 Å². The van der Waals surface area contributed by atoms with Crippen molar-refractivity contribution in [2.45, 2.75) is 18.9 Å². The summed E-state index contributed by atoms with van der Waals surface area (Å²) in [6, 6.07) is 2.92. The van der Waals surface area contributed by atoms with Crippen molar-refractivity contribution in [2.24, 2.45) is 5.92 Å². The minimum Gasteiger partial charge on any atom is -0.481 e. The van der Waals surface area contributed by atoms with Gasteiger partial charge in [0.05, 0.1) is 15.9 Å². The second-order valence-corrected chi connectivity index (χ2v) is 4.60. The first-order chi connectivity index (χ1) is 7.91. The summed E-state index contributed by atoms with van der Waals surface area (Å²) in [5, 5.41) is 19.9. The SMILES string of the molecule is Cc1nc(SCC(C)C(=O)O)ccc1[N+](=O)[O-]. The van der Waals surface area contributed by atoms with E-state index in [4.69, 9.17) is 5.11 Å². The molecule has 0 aliphatic rings. The summed E-state index contributed by atoms with van der Waals surface area (Å²) in [6.07, 6.45) is 0. The summed E-state index contributed by atoms with van der Waals surface area (Å²) in [4.78, 5) is 24.7. The Morgan fingerprint density at radius 1 is 1.65 bits per heavy atom. The number of carboxylic acid groups (broad SMARTS) is 1. The third-order valence-corrected chi connectivity index (χ3v) is 3.32. The van der Waals surface area contributed by atoms with Crippen LogP contribution in [-0.2, 0) is 4.79 Å². The Bertz CT molecular complexity index is 450. The van der Waals surface area contributed by atoms with E-state index in [-0.39, 0.29) is 5.69 Å². The molecular weight excluding hydrogens is 244 g/mol. The maximum absolute atomic E-state index is 10.6. The number of carbonyl (C=O) groups is 1. The van der Waals surface area contributed by atoms with Gasteiger partial charge in [0.1, 0.15) is 5.69 Å². The van der Waals surface area contributed by atoms with Gasteiger partial charge in [0.15, 0.2) is 0 Å². The van der Waals surface area contributed by atoms with Crippen LogP contribution in [0.2, 0.25) is 0 Å². The topological polar surface area (TPSA) is 93.3 Å². The summed E-state index contributed by atoms with van der Waals surface area (Å²) in [6.45, 7) is 3.16. The largest absolute Gasteiger partial charge is 0.481 e. The maximum Gasteiger partial charge on any atom is 0.307 e. The van der Waals surface area contributed by atoms with E-state index in [1.807, 2.05) is 0 Å². The quantitative estimate of drug-likeness (QED) is 0.492. The van der Waals surface area contributed by atoms with Gasteiger partial charge < -0.3 is 5.11 Å². The van der Waals surface area contributed by atoms with Crippen molar-refractivity contribution in [3.63, 3.8) is 0 Å². The van der Waals surface area contributed by atoms with Crippen LogP contribution in [-0.4, -0.2) is 26.7 Å². The van der Waals surface area contributed by atoms with Crippen molar-refractivity contribution in [1.82, 2.24) is 4.98 Å². The zero-order valence-electron chi connectivity index (χ0n) is 9.41. The van der Waals surface area contributed by atoms with Crippen LogP contribution in [0.1, 0.15) is 12.6 Å². The van der Waals surface area contributed by atoms with E-state index in [0.29, 0.717) is 16.5 Å². The fourth-order valence-electron chi connectivity index (χ4n) is 1.09. The average Bonchev–Trinajstić information content (AvgIpc) is 2.25. The first-order valence-corrected chi connectivity index (χ1v) is 5.88. The van der Waals surface area contributed by atoms with Crippen LogP contribution in [0, 0.1) is 23.0 Å². The molecule has 0 spiro atoms. The monoisotopic (exact) mass is 256 g/mol. The van der Waals surface area contributed by atoms with Crippen molar-refractivity contribution in [3.05, 3.63) is 27.9 Å². The molecule has 0 aromatic carbocycles. The number of nitrogens with zero attached hydrogens (tertiary/aromatic N) is 2. The molecule has 17 heavy (non-hydrogen) atoms. The van der Waals surface area contributed by atoms with Crippen molar-refractivity contribution >= 4 is 23.4 Å². The minimum absolute atomic E-state index is 0.0272. The van der Waals surface area contributed by atoms with Gasteiger partial charge in [-0.15, -0.1) is 11.8 Å². The Hall–Kier alpha value is -1.63. The van der Waals surface area contributed by atoms with Crippen LogP contribution in [0.25, 0.3) is 0 Å². The number of thioether (sulfide) groups is 1. The van der Waals surface area contributed by atoms with Gasteiger partial charge in [-0.05, 0) is 13.0 Å². The van der Waals surface area contributed by atoms with Gasteiger partial charge in [-0.3, -0.25) is 14.9 Å². The van der Waals surface area contributed by atoms with Crippen molar-refractivity contribution in [2.75, 3.05) is 5.75 Å². The van der Waals surface area contributed by atoms with Crippen LogP contribution in [0.15, 0.2) is 17.2 Å². The smallest absolute Gasteiger partial charge is 0.307 e. The van der Waals surface area contributed by atoms with E-state index in [1.54, 1.807) is 13.8 Å². The molecule has 1 unspecified atom stereocenters. The Morgan fingerprint density at radius 2 is 2.29 bits per heavy atom. The normalized spacial score (nSPS) is 12.1. The standard InChI is InChI=1S/C10H12N2O4S/c1-6(10(13)14)5-17-9-4-3-8(12(15)16)7(2)11-9/h3-4,6H,5H2,1-2H3,(H,13,14). The number of carboxylic acids is 1. The maximum atomic E-state index is 10.6. The number of aromatic nitrogens is 1. The summed E-state index contributed by atoms with van der Waals surface area (Å²) in [5.41, 5.74) is 0.309. The molecule has 0 saturated heterocycles. The number of pyridine rings is 1. The number of nitro groups is 1. The Balaban J connectivity index is 2.71. The highest BCUT2D eigenvalue weighted by Gasteiger charge is 2.14. The molecular formula is C10H12N2O4S. The Kier molecular flexibility index (Phi) is 4.45. The first kappa shape index (κ1) is 13.4. The molecule has 1 heterocycles. The van der Waals surface area contributed by atoms with Crippen LogP contribution in [0.5, 0.6) is 0 Å². The predicted molar refractivity (Wildman–Crippen MR) is 63.2 cm³/mol.